The molecule has 1 heterocycles. The number of hydrogen-bond acceptors (Lipinski definition) is 6. The number of rotatable bonds is 5. The van der Waals surface area contributed by atoms with Crippen LogP contribution in [0.5, 0.6) is 0 Å². The van der Waals surface area contributed by atoms with Crippen LogP contribution < -0.4 is 21.5 Å². The predicted molar refractivity (Wildman–Crippen MR) is 92.1 cm³/mol. The van der Waals surface area contributed by atoms with Gasteiger partial charge in [0, 0.05) is 17.8 Å². The second-order valence-electron chi connectivity index (χ2n) is 6.04. The second kappa shape index (κ2) is 6.62. The molecule has 2 rings (SSSR count). The average Bonchev–Trinajstić information content (AvgIpc) is 2.49. The second-order valence-corrected chi connectivity index (χ2v) is 6.04. The number of nitrogens with one attached hydrogen (secondary N) is 2. The van der Waals surface area contributed by atoms with Gasteiger partial charge in [-0.25, -0.2) is 15.4 Å². The summed E-state index contributed by atoms with van der Waals surface area (Å²) in [5, 5.41) is 0. The van der Waals surface area contributed by atoms with Crippen molar-refractivity contribution in [2.75, 3.05) is 22.6 Å². The summed E-state index contributed by atoms with van der Waals surface area (Å²) in [7, 11) is 0. The fraction of sp³-hybridized carbons (Fsp3) is 0.375. The van der Waals surface area contributed by atoms with E-state index < -0.39 is 0 Å². The number of nitrogens with zero attached hydrogens (tertiary/aromatic N) is 3. The summed E-state index contributed by atoms with van der Waals surface area (Å²) in [6, 6.07) is 10.0. The predicted octanol–water partition coefficient (Wildman–Crippen LogP) is 2.93. The first-order valence-electron chi connectivity index (χ1n) is 7.38. The van der Waals surface area contributed by atoms with Crippen molar-refractivity contribution in [2.45, 2.75) is 33.2 Å². The Balaban J connectivity index is 2.31. The quantitative estimate of drug-likeness (QED) is 0.737. The lowest BCUT2D eigenvalue weighted by Gasteiger charge is -2.26. The van der Waals surface area contributed by atoms with E-state index in [1.165, 1.54) is 6.33 Å². The minimum atomic E-state index is -0.0958. The van der Waals surface area contributed by atoms with Gasteiger partial charge >= 0.3 is 0 Å². The maximum Gasteiger partial charge on any atom is 0.169 e. The van der Waals surface area contributed by atoms with Crippen LogP contribution in [-0.2, 0) is 0 Å². The van der Waals surface area contributed by atoms with Crippen molar-refractivity contribution in [3.63, 3.8) is 0 Å². The molecule has 6 nitrogen and oxygen atoms in total. The van der Waals surface area contributed by atoms with Gasteiger partial charge in [-0.2, -0.15) is 0 Å². The van der Waals surface area contributed by atoms with Crippen LogP contribution >= 0.6 is 0 Å². The Labute approximate surface area is 131 Å². The van der Waals surface area contributed by atoms with E-state index in [1.807, 2.05) is 30.3 Å². The van der Waals surface area contributed by atoms with Crippen molar-refractivity contribution in [3.8, 4) is 0 Å². The third-order valence-corrected chi connectivity index (χ3v) is 3.06. The van der Waals surface area contributed by atoms with E-state index in [1.54, 1.807) is 0 Å². The lowest BCUT2D eigenvalue weighted by molar-refractivity contribution is 0.464. The lowest BCUT2D eigenvalue weighted by atomic mass is 10.1. The van der Waals surface area contributed by atoms with Crippen molar-refractivity contribution in [1.82, 2.24) is 15.4 Å². The van der Waals surface area contributed by atoms with Crippen LogP contribution in [0.4, 0.5) is 23.0 Å². The lowest BCUT2D eigenvalue weighted by Crippen LogP contribution is -2.40. The zero-order chi connectivity index (χ0) is 16.2. The molecule has 0 aliphatic rings. The molecule has 0 spiro atoms. The molecule has 1 aromatic carbocycles. The van der Waals surface area contributed by atoms with E-state index in [0.29, 0.717) is 17.3 Å². The zero-order valence-electron chi connectivity index (χ0n) is 13.6. The smallest absolute Gasteiger partial charge is 0.169 e. The molecular formula is C16H24N6. The Morgan fingerprint density at radius 1 is 1.14 bits per heavy atom. The highest BCUT2D eigenvalue weighted by molar-refractivity contribution is 5.78. The molecule has 4 N–H and O–H groups in total. The first-order valence-corrected chi connectivity index (χ1v) is 7.38. The molecular weight excluding hydrogens is 276 g/mol. The van der Waals surface area contributed by atoms with Crippen LogP contribution in [0, 0.1) is 0 Å². The van der Waals surface area contributed by atoms with E-state index in [4.69, 9.17) is 5.73 Å². The standard InChI is InChI=1S/C16H24N6/c1-5-22(12-9-7-6-8-10-12)15-13(17)14(18-11-19-15)20-21-16(2,3)4/h6-11,21H,5,17H2,1-4H3,(H,18,19,20). The van der Waals surface area contributed by atoms with Gasteiger partial charge in [0.15, 0.2) is 11.6 Å². The Kier molecular flexibility index (Phi) is 4.82. The van der Waals surface area contributed by atoms with Crippen LogP contribution in [-0.4, -0.2) is 22.1 Å². The van der Waals surface area contributed by atoms with Crippen molar-refractivity contribution < 1.29 is 0 Å². The van der Waals surface area contributed by atoms with Crippen LogP contribution in [0.2, 0.25) is 0 Å². The van der Waals surface area contributed by atoms with E-state index >= 15 is 0 Å². The highest BCUT2D eigenvalue weighted by Gasteiger charge is 2.16. The molecule has 22 heavy (non-hydrogen) atoms. The van der Waals surface area contributed by atoms with Crippen LogP contribution in [0.3, 0.4) is 0 Å². The van der Waals surface area contributed by atoms with E-state index in [-0.39, 0.29) is 5.54 Å². The normalized spacial score (nSPS) is 11.3. The number of benzene rings is 1. The van der Waals surface area contributed by atoms with Gasteiger partial charge in [-0.3, -0.25) is 0 Å². The monoisotopic (exact) mass is 300 g/mol. The van der Waals surface area contributed by atoms with Crippen molar-refractivity contribution in [3.05, 3.63) is 36.7 Å². The van der Waals surface area contributed by atoms with Crippen molar-refractivity contribution in [1.29, 1.82) is 0 Å². The van der Waals surface area contributed by atoms with Crippen LogP contribution in [0.1, 0.15) is 27.7 Å². The van der Waals surface area contributed by atoms with E-state index in [2.05, 4.69) is 53.4 Å². The molecule has 0 radical (unpaired) electrons. The molecule has 2 aromatic rings. The molecule has 0 saturated carbocycles. The molecule has 0 amide bonds. The first-order chi connectivity index (χ1) is 10.4. The van der Waals surface area contributed by atoms with Gasteiger partial charge < -0.3 is 16.1 Å². The minimum Gasteiger partial charge on any atom is -0.393 e. The number of para-hydroxylation sites is 1. The fourth-order valence-electron chi connectivity index (χ4n) is 2.01. The molecule has 0 unspecified atom stereocenters. The van der Waals surface area contributed by atoms with Gasteiger partial charge in [-0.15, -0.1) is 0 Å². The van der Waals surface area contributed by atoms with E-state index in [9.17, 15) is 0 Å². The van der Waals surface area contributed by atoms with Crippen molar-refractivity contribution >= 4 is 23.0 Å². The highest BCUT2D eigenvalue weighted by Crippen LogP contribution is 2.31. The third kappa shape index (κ3) is 3.85. The van der Waals surface area contributed by atoms with Crippen LogP contribution in [0.15, 0.2) is 36.7 Å². The highest BCUT2D eigenvalue weighted by atomic mass is 15.4. The Morgan fingerprint density at radius 3 is 2.41 bits per heavy atom. The van der Waals surface area contributed by atoms with Gasteiger partial charge in [-0.05, 0) is 39.8 Å². The fourth-order valence-corrected chi connectivity index (χ4v) is 2.01. The van der Waals surface area contributed by atoms with Gasteiger partial charge in [0.2, 0.25) is 0 Å². The topological polar surface area (TPSA) is 79.1 Å². The summed E-state index contributed by atoms with van der Waals surface area (Å²) < 4.78 is 0. The average molecular weight is 300 g/mol. The number of hydrazine groups is 1. The summed E-state index contributed by atoms with van der Waals surface area (Å²) in [5.74, 6) is 1.27. The number of hydrogen-bond donors (Lipinski definition) is 3. The largest absolute Gasteiger partial charge is 0.393 e. The molecule has 0 aliphatic carbocycles. The summed E-state index contributed by atoms with van der Waals surface area (Å²) >= 11 is 0. The Hall–Kier alpha value is -2.34. The number of aromatic nitrogens is 2. The molecule has 0 aliphatic heterocycles. The van der Waals surface area contributed by atoms with Gasteiger partial charge in [0.1, 0.15) is 12.0 Å². The third-order valence-electron chi connectivity index (χ3n) is 3.06. The summed E-state index contributed by atoms with van der Waals surface area (Å²) in [5.41, 5.74) is 14.0. The Morgan fingerprint density at radius 2 is 1.82 bits per heavy atom. The summed E-state index contributed by atoms with van der Waals surface area (Å²) in [6.45, 7) is 8.99. The maximum absolute atomic E-state index is 6.26. The van der Waals surface area contributed by atoms with Gasteiger partial charge in [0.05, 0.1) is 0 Å². The molecule has 1 aromatic heterocycles. The number of nitrogen functional groups attached to an aromatic ring is 1. The minimum absolute atomic E-state index is 0.0958. The zero-order valence-corrected chi connectivity index (χ0v) is 13.6. The Bertz CT molecular complexity index is 606. The van der Waals surface area contributed by atoms with E-state index in [0.717, 1.165) is 12.2 Å². The maximum atomic E-state index is 6.26. The molecule has 6 heteroatoms. The molecule has 0 bridgehead atoms. The number of nitrogens with two attached hydrogens (primary N) is 1. The van der Waals surface area contributed by atoms with Gasteiger partial charge in [0.25, 0.3) is 0 Å². The first kappa shape index (κ1) is 16.0. The SMILES string of the molecule is CCN(c1ccccc1)c1ncnc(NNC(C)(C)C)c1N. The number of anilines is 4. The van der Waals surface area contributed by atoms with Crippen molar-refractivity contribution in [2.24, 2.45) is 0 Å². The van der Waals surface area contributed by atoms with Gasteiger partial charge in [-0.1, -0.05) is 18.2 Å². The van der Waals surface area contributed by atoms with Crippen LogP contribution in [0.25, 0.3) is 0 Å². The summed E-state index contributed by atoms with van der Waals surface area (Å²) in [4.78, 5) is 10.6. The molecule has 0 saturated heterocycles. The molecule has 118 valence electrons. The summed E-state index contributed by atoms with van der Waals surface area (Å²) in [6.07, 6.45) is 1.52. The molecule has 0 fully saturated rings. The molecule has 0 atom stereocenters.